The second-order valence-electron chi connectivity index (χ2n) is 5.63. The molecule has 3 nitrogen and oxygen atoms in total. The van der Waals surface area contributed by atoms with Crippen molar-refractivity contribution in [2.45, 2.75) is 26.2 Å². The number of imide groups is 1. The normalized spacial score (nSPS) is 19.8. The van der Waals surface area contributed by atoms with Gasteiger partial charge in [-0.1, -0.05) is 60.1 Å². The number of nitrogens with zero attached hydrogens (tertiary/aromatic N) is 1. The van der Waals surface area contributed by atoms with Gasteiger partial charge in [0.25, 0.3) is 0 Å². The fourth-order valence-corrected chi connectivity index (χ4v) is 2.98. The van der Waals surface area contributed by atoms with Crippen LogP contribution in [0, 0.1) is 5.41 Å². The highest BCUT2D eigenvalue weighted by Crippen LogP contribution is 2.33. The number of likely N-dealkylation sites (tertiary alicyclic amines) is 1. The summed E-state index contributed by atoms with van der Waals surface area (Å²) < 4.78 is 0. The molecule has 0 saturated carbocycles. The number of benzene rings is 1. The van der Waals surface area contributed by atoms with Gasteiger partial charge in [-0.05, 0) is 5.56 Å². The molecular weight excluding hydrogens is 306 g/mol. The van der Waals surface area contributed by atoms with Gasteiger partial charge in [0.15, 0.2) is 0 Å². The molecule has 0 N–H and O–H groups in total. The van der Waals surface area contributed by atoms with Crippen molar-refractivity contribution >= 4 is 27.7 Å². The summed E-state index contributed by atoms with van der Waals surface area (Å²) >= 11 is 3.48. The number of alkyl halides is 1. The molecule has 1 heterocycles. The van der Waals surface area contributed by atoms with Crippen LogP contribution in [0.15, 0.2) is 30.3 Å². The Balaban J connectivity index is 2.16. The van der Waals surface area contributed by atoms with Gasteiger partial charge >= 0.3 is 0 Å². The van der Waals surface area contributed by atoms with E-state index in [4.69, 9.17) is 0 Å². The Bertz CT molecular complexity index is 484. The summed E-state index contributed by atoms with van der Waals surface area (Å²) in [5.41, 5.74) is 0.592. The SMILES string of the molecule is CC1(C)CC(=O)N(CC(CBr)c2ccccc2)C1=O. The molecule has 4 heteroatoms. The van der Waals surface area contributed by atoms with E-state index in [1.165, 1.54) is 4.90 Å². The highest BCUT2D eigenvalue weighted by atomic mass is 79.9. The first-order valence-corrected chi connectivity index (χ1v) is 7.53. The molecule has 19 heavy (non-hydrogen) atoms. The Labute approximate surface area is 122 Å². The molecule has 1 aromatic rings. The number of rotatable bonds is 4. The first-order chi connectivity index (χ1) is 8.95. The fourth-order valence-electron chi connectivity index (χ4n) is 2.40. The molecule has 2 amide bonds. The van der Waals surface area contributed by atoms with Crippen LogP contribution >= 0.6 is 15.9 Å². The lowest BCUT2D eigenvalue weighted by atomic mass is 9.92. The van der Waals surface area contributed by atoms with Crippen molar-refractivity contribution in [3.63, 3.8) is 0 Å². The van der Waals surface area contributed by atoms with Crippen LogP contribution in [0.1, 0.15) is 31.7 Å². The summed E-state index contributed by atoms with van der Waals surface area (Å²) in [5.74, 6) is 0.0271. The smallest absolute Gasteiger partial charge is 0.235 e. The van der Waals surface area contributed by atoms with Gasteiger partial charge < -0.3 is 0 Å². The zero-order valence-electron chi connectivity index (χ0n) is 11.2. The van der Waals surface area contributed by atoms with Gasteiger partial charge in [-0.2, -0.15) is 0 Å². The van der Waals surface area contributed by atoms with Gasteiger partial charge in [-0.15, -0.1) is 0 Å². The molecule has 1 aliphatic heterocycles. The summed E-state index contributed by atoms with van der Waals surface area (Å²) in [4.78, 5) is 25.6. The standard InChI is InChI=1S/C15H18BrNO2/c1-15(2)8-13(18)17(14(15)19)10-12(9-16)11-6-4-3-5-7-11/h3-7,12H,8-10H2,1-2H3. The number of halogens is 1. The van der Waals surface area contributed by atoms with Crippen LogP contribution in [-0.2, 0) is 9.59 Å². The van der Waals surface area contributed by atoms with Crippen molar-refractivity contribution in [3.8, 4) is 0 Å². The highest BCUT2D eigenvalue weighted by molar-refractivity contribution is 9.09. The highest BCUT2D eigenvalue weighted by Gasteiger charge is 2.45. The number of hydrogen-bond acceptors (Lipinski definition) is 2. The maximum absolute atomic E-state index is 12.2. The van der Waals surface area contributed by atoms with E-state index < -0.39 is 5.41 Å². The average molecular weight is 324 g/mol. The Hall–Kier alpha value is -1.16. The third-order valence-corrected chi connectivity index (χ3v) is 4.36. The lowest BCUT2D eigenvalue weighted by Crippen LogP contribution is -2.36. The molecule has 1 aromatic carbocycles. The second-order valence-corrected chi connectivity index (χ2v) is 6.28. The van der Waals surface area contributed by atoms with Crippen LogP contribution in [0.3, 0.4) is 0 Å². The molecule has 1 aliphatic rings. The molecule has 0 bridgehead atoms. The molecule has 0 aliphatic carbocycles. The zero-order chi connectivity index (χ0) is 14.0. The van der Waals surface area contributed by atoms with Crippen molar-refractivity contribution in [3.05, 3.63) is 35.9 Å². The predicted octanol–water partition coefficient (Wildman–Crippen LogP) is 2.95. The summed E-state index contributed by atoms with van der Waals surface area (Å²) in [5, 5.41) is 0.731. The van der Waals surface area contributed by atoms with Crippen molar-refractivity contribution in [2.24, 2.45) is 5.41 Å². The maximum atomic E-state index is 12.2. The minimum Gasteiger partial charge on any atom is -0.281 e. The number of carbonyl (C=O) groups is 2. The predicted molar refractivity (Wildman–Crippen MR) is 78.1 cm³/mol. The maximum Gasteiger partial charge on any atom is 0.235 e. The van der Waals surface area contributed by atoms with Gasteiger partial charge in [0.1, 0.15) is 0 Å². The van der Waals surface area contributed by atoms with Gasteiger partial charge in [0, 0.05) is 24.2 Å². The minimum absolute atomic E-state index is 0.0561. The topological polar surface area (TPSA) is 37.4 Å². The molecule has 1 saturated heterocycles. The van der Waals surface area contributed by atoms with E-state index in [2.05, 4.69) is 15.9 Å². The largest absolute Gasteiger partial charge is 0.281 e. The van der Waals surface area contributed by atoms with Crippen LogP contribution in [0.5, 0.6) is 0 Å². The third-order valence-electron chi connectivity index (χ3n) is 3.58. The summed E-state index contributed by atoms with van der Waals surface area (Å²) in [7, 11) is 0. The molecule has 1 unspecified atom stereocenters. The Morgan fingerprint density at radius 3 is 2.37 bits per heavy atom. The van der Waals surface area contributed by atoms with E-state index in [9.17, 15) is 9.59 Å². The zero-order valence-corrected chi connectivity index (χ0v) is 12.8. The van der Waals surface area contributed by atoms with E-state index in [0.29, 0.717) is 13.0 Å². The van der Waals surface area contributed by atoms with E-state index in [-0.39, 0.29) is 17.7 Å². The number of amides is 2. The van der Waals surface area contributed by atoms with Gasteiger partial charge in [-0.25, -0.2) is 0 Å². The second kappa shape index (κ2) is 5.45. The van der Waals surface area contributed by atoms with Crippen molar-refractivity contribution in [1.29, 1.82) is 0 Å². The molecule has 0 aromatic heterocycles. The first-order valence-electron chi connectivity index (χ1n) is 6.41. The summed E-state index contributed by atoms with van der Waals surface area (Å²) in [6.45, 7) is 4.12. The Kier molecular flexibility index (Phi) is 4.09. The van der Waals surface area contributed by atoms with Gasteiger partial charge in [0.05, 0.1) is 5.41 Å². The quantitative estimate of drug-likeness (QED) is 0.631. The molecule has 0 spiro atoms. The van der Waals surface area contributed by atoms with Gasteiger partial charge in [0.2, 0.25) is 11.8 Å². The van der Waals surface area contributed by atoms with Crippen molar-refractivity contribution < 1.29 is 9.59 Å². The summed E-state index contributed by atoms with van der Waals surface area (Å²) in [6.07, 6.45) is 0.315. The first kappa shape index (κ1) is 14.3. The number of carbonyl (C=O) groups excluding carboxylic acids is 2. The van der Waals surface area contributed by atoms with E-state index in [1.807, 2.05) is 44.2 Å². The van der Waals surface area contributed by atoms with Gasteiger partial charge in [-0.3, -0.25) is 14.5 Å². The molecule has 0 radical (unpaired) electrons. The fraction of sp³-hybridized carbons (Fsp3) is 0.467. The van der Waals surface area contributed by atoms with Crippen LogP contribution in [0.4, 0.5) is 0 Å². The molecule has 1 atom stereocenters. The van der Waals surface area contributed by atoms with E-state index in [1.54, 1.807) is 0 Å². The lowest BCUT2D eigenvalue weighted by Gasteiger charge is -2.23. The van der Waals surface area contributed by atoms with E-state index >= 15 is 0 Å². The van der Waals surface area contributed by atoms with Crippen LogP contribution < -0.4 is 0 Å². The monoisotopic (exact) mass is 323 g/mol. The molecular formula is C15H18BrNO2. The van der Waals surface area contributed by atoms with Crippen molar-refractivity contribution in [1.82, 2.24) is 4.90 Å². The van der Waals surface area contributed by atoms with Crippen LogP contribution in [-0.4, -0.2) is 28.6 Å². The summed E-state index contributed by atoms with van der Waals surface area (Å²) in [6, 6.07) is 9.97. The molecule has 2 rings (SSSR count). The molecule has 1 fully saturated rings. The Morgan fingerprint density at radius 2 is 1.89 bits per heavy atom. The van der Waals surface area contributed by atoms with Crippen LogP contribution in [0.2, 0.25) is 0 Å². The van der Waals surface area contributed by atoms with Crippen LogP contribution in [0.25, 0.3) is 0 Å². The van der Waals surface area contributed by atoms with E-state index in [0.717, 1.165) is 10.9 Å². The third kappa shape index (κ3) is 2.89. The average Bonchev–Trinajstić information content (AvgIpc) is 2.58. The number of hydrogen-bond donors (Lipinski definition) is 0. The lowest BCUT2D eigenvalue weighted by molar-refractivity contribution is -0.141. The van der Waals surface area contributed by atoms with Crippen molar-refractivity contribution in [2.75, 3.05) is 11.9 Å². The molecule has 102 valence electrons. The minimum atomic E-state index is -0.551. The Morgan fingerprint density at radius 1 is 1.26 bits per heavy atom.